The third-order valence-corrected chi connectivity index (χ3v) is 3.42. The summed E-state index contributed by atoms with van der Waals surface area (Å²) < 4.78 is 5.10. The Balaban J connectivity index is 2.63. The van der Waals surface area contributed by atoms with Gasteiger partial charge in [-0.05, 0) is 11.5 Å². The molecule has 0 aliphatic carbocycles. The number of terminal acetylenes is 1. The molecule has 1 aromatic carbocycles. The summed E-state index contributed by atoms with van der Waals surface area (Å²) in [6.07, 6.45) is 4.40. The Kier molecular flexibility index (Phi) is 8.00. The molecule has 7 heteroatoms. The van der Waals surface area contributed by atoms with E-state index in [-0.39, 0.29) is 18.9 Å². The van der Waals surface area contributed by atoms with Crippen LogP contribution in [0.4, 0.5) is 4.79 Å². The van der Waals surface area contributed by atoms with E-state index in [0.717, 1.165) is 5.56 Å². The molecule has 0 radical (unpaired) electrons. The molecule has 3 amide bonds. The fourth-order valence-electron chi connectivity index (χ4n) is 2.03. The smallest absolute Gasteiger partial charge is 0.408 e. The lowest BCUT2D eigenvalue weighted by Gasteiger charge is -2.23. The molecule has 0 aromatic heterocycles. The normalized spacial score (nSPS) is 12.6. The van der Waals surface area contributed by atoms with Crippen LogP contribution in [-0.2, 0) is 20.9 Å². The summed E-state index contributed by atoms with van der Waals surface area (Å²) >= 11 is 0. The van der Waals surface area contributed by atoms with Crippen LogP contribution in [0.2, 0.25) is 0 Å². The summed E-state index contributed by atoms with van der Waals surface area (Å²) in [7, 11) is 0. The minimum Gasteiger partial charge on any atom is -0.445 e. The average Bonchev–Trinajstić information content (AvgIpc) is 2.57. The van der Waals surface area contributed by atoms with Crippen molar-refractivity contribution in [2.75, 3.05) is 0 Å². The summed E-state index contributed by atoms with van der Waals surface area (Å²) in [5.74, 6) is 0.756. The molecule has 1 aromatic rings. The Labute approximate surface area is 147 Å². The van der Waals surface area contributed by atoms with Crippen molar-refractivity contribution in [2.24, 2.45) is 11.7 Å². The summed E-state index contributed by atoms with van der Waals surface area (Å²) in [5.41, 5.74) is 6.02. The fourth-order valence-corrected chi connectivity index (χ4v) is 2.03. The van der Waals surface area contributed by atoms with E-state index < -0.39 is 30.0 Å². The van der Waals surface area contributed by atoms with Gasteiger partial charge >= 0.3 is 6.09 Å². The maximum Gasteiger partial charge on any atom is 0.408 e. The molecule has 0 aliphatic rings. The van der Waals surface area contributed by atoms with Gasteiger partial charge in [-0.1, -0.05) is 44.2 Å². The van der Waals surface area contributed by atoms with Gasteiger partial charge < -0.3 is 21.1 Å². The molecule has 0 bridgehead atoms. The van der Waals surface area contributed by atoms with E-state index in [1.807, 2.05) is 30.3 Å². The molecule has 4 N–H and O–H groups in total. The van der Waals surface area contributed by atoms with Crippen molar-refractivity contribution >= 4 is 17.9 Å². The van der Waals surface area contributed by atoms with E-state index in [0.29, 0.717) is 0 Å². The molecule has 2 atom stereocenters. The van der Waals surface area contributed by atoms with E-state index in [2.05, 4.69) is 16.6 Å². The molecule has 1 rings (SSSR count). The van der Waals surface area contributed by atoms with E-state index >= 15 is 0 Å². The number of ether oxygens (including phenoxy) is 1. The highest BCUT2D eigenvalue weighted by molar-refractivity contribution is 5.91. The second-order valence-corrected chi connectivity index (χ2v) is 5.80. The second-order valence-electron chi connectivity index (χ2n) is 5.80. The zero-order chi connectivity index (χ0) is 18.8. The van der Waals surface area contributed by atoms with Crippen LogP contribution < -0.4 is 16.4 Å². The van der Waals surface area contributed by atoms with Crippen molar-refractivity contribution in [3.8, 4) is 12.3 Å². The first-order valence-electron chi connectivity index (χ1n) is 7.85. The maximum absolute atomic E-state index is 12.3. The Hall–Kier alpha value is -3.01. The van der Waals surface area contributed by atoms with Crippen molar-refractivity contribution < 1.29 is 19.1 Å². The highest BCUT2D eigenvalue weighted by atomic mass is 16.5. The van der Waals surface area contributed by atoms with Crippen LogP contribution in [-0.4, -0.2) is 30.0 Å². The van der Waals surface area contributed by atoms with E-state index in [4.69, 9.17) is 16.9 Å². The van der Waals surface area contributed by atoms with E-state index in [1.165, 1.54) is 0 Å². The number of rotatable bonds is 8. The number of nitrogens with one attached hydrogen (secondary N) is 2. The molecular formula is C18H23N3O4. The van der Waals surface area contributed by atoms with Gasteiger partial charge in [0.15, 0.2) is 0 Å². The standard InChI is InChI=1S/C18H23N3O4/c1-4-8-14(16(19)22)20-17(23)15(12(2)3)21-18(24)25-11-13-9-6-5-7-10-13/h1,5-7,9-10,12,14-15H,8,11H2,2-3H3,(H2,19,22)(H,20,23)(H,21,24)/t14-,15-/m1/s1. The minimum atomic E-state index is -0.985. The number of nitrogens with two attached hydrogens (primary N) is 1. The summed E-state index contributed by atoms with van der Waals surface area (Å²) in [6, 6.07) is 7.28. The third-order valence-electron chi connectivity index (χ3n) is 3.42. The Bertz CT molecular complexity index is 637. The molecule has 0 spiro atoms. The van der Waals surface area contributed by atoms with Gasteiger partial charge in [-0.3, -0.25) is 9.59 Å². The first-order chi connectivity index (χ1) is 11.8. The molecule has 0 heterocycles. The van der Waals surface area contributed by atoms with Gasteiger partial charge in [0.1, 0.15) is 18.7 Å². The van der Waals surface area contributed by atoms with Gasteiger partial charge in [0, 0.05) is 6.42 Å². The third kappa shape index (κ3) is 6.96. The number of benzene rings is 1. The SMILES string of the molecule is C#CC[C@@H](NC(=O)[C@H](NC(=O)OCc1ccccc1)C(C)C)C(N)=O. The highest BCUT2D eigenvalue weighted by Gasteiger charge is 2.28. The monoisotopic (exact) mass is 345 g/mol. The molecule has 0 saturated heterocycles. The summed E-state index contributed by atoms with van der Waals surface area (Å²) in [6.45, 7) is 3.59. The molecule has 0 saturated carbocycles. The predicted molar refractivity (Wildman–Crippen MR) is 93.0 cm³/mol. The van der Waals surface area contributed by atoms with Crippen molar-refractivity contribution in [2.45, 2.75) is 39.0 Å². The van der Waals surface area contributed by atoms with Crippen molar-refractivity contribution in [3.05, 3.63) is 35.9 Å². The second kappa shape index (κ2) is 9.98. The number of amides is 3. The molecule has 25 heavy (non-hydrogen) atoms. The van der Waals surface area contributed by atoms with Crippen LogP contribution in [0.15, 0.2) is 30.3 Å². The van der Waals surface area contributed by atoms with Crippen molar-refractivity contribution in [1.29, 1.82) is 0 Å². The summed E-state index contributed by atoms with van der Waals surface area (Å²) in [5, 5.41) is 4.95. The molecule has 134 valence electrons. The number of primary amides is 1. The van der Waals surface area contributed by atoms with Crippen LogP contribution in [0.25, 0.3) is 0 Å². The van der Waals surface area contributed by atoms with Crippen LogP contribution in [0.5, 0.6) is 0 Å². The van der Waals surface area contributed by atoms with Crippen molar-refractivity contribution in [3.63, 3.8) is 0 Å². The predicted octanol–water partition coefficient (Wildman–Crippen LogP) is 0.931. The number of hydrogen-bond acceptors (Lipinski definition) is 4. The fraction of sp³-hybridized carbons (Fsp3) is 0.389. The van der Waals surface area contributed by atoms with Gasteiger partial charge in [0.2, 0.25) is 11.8 Å². The lowest BCUT2D eigenvalue weighted by molar-refractivity contribution is -0.129. The van der Waals surface area contributed by atoms with E-state index in [9.17, 15) is 14.4 Å². The largest absolute Gasteiger partial charge is 0.445 e. The zero-order valence-corrected chi connectivity index (χ0v) is 14.3. The maximum atomic E-state index is 12.3. The number of carbonyl (C=O) groups excluding carboxylic acids is 3. The quantitative estimate of drug-likeness (QED) is 0.609. The van der Waals surface area contributed by atoms with Gasteiger partial charge in [-0.25, -0.2) is 4.79 Å². The van der Waals surface area contributed by atoms with Crippen LogP contribution in [0.1, 0.15) is 25.8 Å². The lowest BCUT2D eigenvalue weighted by atomic mass is 10.0. The molecule has 0 unspecified atom stereocenters. The molecular weight excluding hydrogens is 322 g/mol. The minimum absolute atomic E-state index is 0.0235. The summed E-state index contributed by atoms with van der Waals surface area (Å²) in [4.78, 5) is 35.6. The first kappa shape index (κ1) is 20.0. The highest BCUT2D eigenvalue weighted by Crippen LogP contribution is 2.05. The molecule has 7 nitrogen and oxygen atoms in total. The number of carbonyl (C=O) groups is 3. The zero-order valence-electron chi connectivity index (χ0n) is 14.3. The average molecular weight is 345 g/mol. The first-order valence-corrected chi connectivity index (χ1v) is 7.85. The topological polar surface area (TPSA) is 111 Å². The van der Waals surface area contributed by atoms with E-state index in [1.54, 1.807) is 13.8 Å². The van der Waals surface area contributed by atoms with Crippen LogP contribution in [0.3, 0.4) is 0 Å². The van der Waals surface area contributed by atoms with Crippen LogP contribution >= 0.6 is 0 Å². The van der Waals surface area contributed by atoms with Crippen molar-refractivity contribution in [1.82, 2.24) is 10.6 Å². The van der Waals surface area contributed by atoms with Gasteiger partial charge in [0.05, 0.1) is 0 Å². The van der Waals surface area contributed by atoms with Crippen LogP contribution in [0, 0.1) is 18.3 Å². The number of hydrogen-bond donors (Lipinski definition) is 3. The Morgan fingerprint density at radius 1 is 1.20 bits per heavy atom. The van der Waals surface area contributed by atoms with Gasteiger partial charge in [0.25, 0.3) is 0 Å². The Morgan fingerprint density at radius 2 is 1.84 bits per heavy atom. The van der Waals surface area contributed by atoms with Gasteiger partial charge in [-0.2, -0.15) is 0 Å². The number of alkyl carbamates (subject to hydrolysis) is 1. The van der Waals surface area contributed by atoms with Gasteiger partial charge in [-0.15, -0.1) is 12.3 Å². The lowest BCUT2D eigenvalue weighted by Crippen LogP contribution is -2.54. The molecule has 0 aliphatic heterocycles. The molecule has 0 fully saturated rings. The Morgan fingerprint density at radius 3 is 2.36 bits per heavy atom.